The Morgan fingerprint density at radius 2 is 2.31 bits per heavy atom. The number of Topliss-reactive ketones (excluding diaryl/α,β-unsaturated/α-hetero) is 1. The van der Waals surface area contributed by atoms with Gasteiger partial charge in [-0.2, -0.15) is 0 Å². The summed E-state index contributed by atoms with van der Waals surface area (Å²) in [5, 5.41) is 0. The highest BCUT2D eigenvalue weighted by atomic mass is 16.5. The molecule has 0 aromatic heterocycles. The molecule has 1 saturated carbocycles. The molecule has 0 radical (unpaired) electrons. The number of aldehydes is 1. The Morgan fingerprint density at radius 1 is 1.46 bits per heavy atom. The minimum Gasteiger partial charge on any atom is -0.370 e. The van der Waals surface area contributed by atoms with Crippen LogP contribution in [0.5, 0.6) is 0 Å². The number of hydrogen-bond acceptors (Lipinski definition) is 3. The Morgan fingerprint density at radius 3 is 3.08 bits per heavy atom. The van der Waals surface area contributed by atoms with Crippen LogP contribution in [0.4, 0.5) is 0 Å². The third-order valence-corrected chi connectivity index (χ3v) is 3.20. The van der Waals surface area contributed by atoms with Crippen LogP contribution in [0.15, 0.2) is 0 Å². The van der Waals surface area contributed by atoms with Gasteiger partial charge in [-0.05, 0) is 25.2 Å². The first kappa shape index (κ1) is 8.88. The molecule has 0 bridgehead atoms. The van der Waals surface area contributed by atoms with Crippen molar-refractivity contribution in [2.24, 2.45) is 11.8 Å². The van der Waals surface area contributed by atoms with E-state index in [-0.39, 0.29) is 17.8 Å². The zero-order valence-electron chi connectivity index (χ0n) is 7.57. The molecule has 0 aromatic carbocycles. The fraction of sp³-hybridized carbons (Fsp3) is 0.800. The highest BCUT2D eigenvalue weighted by molar-refractivity contribution is 5.85. The molecule has 0 N–H and O–H groups in total. The van der Waals surface area contributed by atoms with Crippen molar-refractivity contribution in [1.29, 1.82) is 0 Å². The van der Waals surface area contributed by atoms with Gasteiger partial charge >= 0.3 is 0 Å². The third kappa shape index (κ3) is 1.53. The fourth-order valence-corrected chi connectivity index (χ4v) is 2.59. The summed E-state index contributed by atoms with van der Waals surface area (Å²) >= 11 is 0. The molecule has 13 heavy (non-hydrogen) atoms. The molecule has 1 aliphatic heterocycles. The van der Waals surface area contributed by atoms with Crippen molar-refractivity contribution in [2.75, 3.05) is 6.61 Å². The van der Waals surface area contributed by atoms with E-state index in [0.717, 1.165) is 25.5 Å². The van der Waals surface area contributed by atoms with Crippen LogP contribution in [0, 0.1) is 11.8 Å². The van der Waals surface area contributed by atoms with Crippen molar-refractivity contribution in [3.05, 3.63) is 0 Å². The number of fused-ring (bicyclic) bond motifs is 1. The van der Waals surface area contributed by atoms with E-state index in [0.29, 0.717) is 18.9 Å². The van der Waals surface area contributed by atoms with Crippen LogP contribution in [-0.4, -0.2) is 24.8 Å². The zero-order valence-corrected chi connectivity index (χ0v) is 7.57. The lowest BCUT2D eigenvalue weighted by atomic mass is 9.89. The molecule has 3 heteroatoms. The van der Waals surface area contributed by atoms with Crippen LogP contribution in [0.25, 0.3) is 0 Å². The maximum atomic E-state index is 11.4. The Balaban J connectivity index is 1.97. The van der Waals surface area contributed by atoms with Crippen LogP contribution in [0.1, 0.15) is 25.7 Å². The molecule has 2 rings (SSSR count). The van der Waals surface area contributed by atoms with E-state index >= 15 is 0 Å². The van der Waals surface area contributed by atoms with Gasteiger partial charge in [0.2, 0.25) is 0 Å². The number of ketones is 1. The monoisotopic (exact) mass is 182 g/mol. The second-order valence-electron chi connectivity index (χ2n) is 3.92. The van der Waals surface area contributed by atoms with Crippen molar-refractivity contribution in [1.82, 2.24) is 0 Å². The lowest BCUT2D eigenvalue weighted by Crippen LogP contribution is -2.21. The van der Waals surface area contributed by atoms with E-state index in [2.05, 4.69) is 0 Å². The van der Waals surface area contributed by atoms with Gasteiger partial charge in [0.25, 0.3) is 0 Å². The molecule has 3 nitrogen and oxygen atoms in total. The Labute approximate surface area is 77.4 Å². The minimum atomic E-state index is 0.111. The van der Waals surface area contributed by atoms with Crippen molar-refractivity contribution in [2.45, 2.75) is 31.8 Å². The Kier molecular flexibility index (Phi) is 2.44. The first-order chi connectivity index (χ1) is 6.33. The summed E-state index contributed by atoms with van der Waals surface area (Å²) in [4.78, 5) is 21.6. The first-order valence-electron chi connectivity index (χ1n) is 4.91. The van der Waals surface area contributed by atoms with Crippen LogP contribution >= 0.6 is 0 Å². The summed E-state index contributed by atoms with van der Waals surface area (Å²) in [5.74, 6) is 0.767. The van der Waals surface area contributed by atoms with E-state index in [1.165, 1.54) is 0 Å². The lowest BCUT2D eigenvalue weighted by molar-refractivity contribution is -0.121. The molecule has 0 spiro atoms. The topological polar surface area (TPSA) is 43.4 Å². The molecule has 0 amide bonds. The van der Waals surface area contributed by atoms with Gasteiger partial charge in [0, 0.05) is 12.3 Å². The summed E-state index contributed by atoms with van der Waals surface area (Å²) in [6.07, 6.45) is 4.60. The summed E-state index contributed by atoms with van der Waals surface area (Å²) in [5.41, 5.74) is 0. The molecule has 2 fully saturated rings. The van der Waals surface area contributed by atoms with Gasteiger partial charge in [-0.3, -0.25) is 4.79 Å². The van der Waals surface area contributed by atoms with Gasteiger partial charge in [-0.25, -0.2) is 0 Å². The van der Waals surface area contributed by atoms with Crippen molar-refractivity contribution < 1.29 is 14.3 Å². The van der Waals surface area contributed by atoms with E-state index in [1.807, 2.05) is 0 Å². The summed E-state index contributed by atoms with van der Waals surface area (Å²) < 4.78 is 5.36. The molecular weight excluding hydrogens is 168 g/mol. The largest absolute Gasteiger partial charge is 0.370 e. The zero-order chi connectivity index (χ0) is 9.26. The quantitative estimate of drug-likeness (QED) is 0.610. The van der Waals surface area contributed by atoms with Crippen molar-refractivity contribution in [3.8, 4) is 0 Å². The highest BCUT2D eigenvalue weighted by Crippen LogP contribution is 2.40. The molecule has 0 aromatic rings. The van der Waals surface area contributed by atoms with E-state index in [4.69, 9.17) is 4.74 Å². The maximum Gasteiger partial charge on any atom is 0.164 e. The maximum absolute atomic E-state index is 11.4. The number of ether oxygens (including phenoxy) is 1. The van der Waals surface area contributed by atoms with E-state index in [1.54, 1.807) is 0 Å². The predicted octanol–water partition coefficient (Wildman–Crippen LogP) is 0.960. The van der Waals surface area contributed by atoms with Crippen molar-refractivity contribution in [3.63, 3.8) is 0 Å². The van der Waals surface area contributed by atoms with Gasteiger partial charge in [0.05, 0.1) is 6.10 Å². The Hall–Kier alpha value is -0.700. The summed E-state index contributed by atoms with van der Waals surface area (Å²) in [6.45, 7) is 0.299. The molecule has 72 valence electrons. The number of hydrogen-bond donors (Lipinski definition) is 0. The molecule has 2 aliphatic rings. The summed E-state index contributed by atoms with van der Waals surface area (Å²) in [7, 11) is 0. The second-order valence-corrected chi connectivity index (χ2v) is 3.92. The lowest BCUT2D eigenvalue weighted by Gasteiger charge is -2.13. The van der Waals surface area contributed by atoms with Crippen LogP contribution in [0.2, 0.25) is 0 Å². The first-order valence-corrected chi connectivity index (χ1v) is 4.91. The van der Waals surface area contributed by atoms with Gasteiger partial charge in [0.15, 0.2) is 5.78 Å². The van der Waals surface area contributed by atoms with Gasteiger partial charge in [-0.1, -0.05) is 0 Å². The average Bonchev–Trinajstić information content (AvgIpc) is 2.67. The van der Waals surface area contributed by atoms with Gasteiger partial charge in [0.1, 0.15) is 12.9 Å². The molecule has 3 unspecified atom stereocenters. The SMILES string of the molecule is O=CCCC1CCC2OCC(=O)C12. The van der Waals surface area contributed by atoms with E-state index < -0.39 is 0 Å². The highest BCUT2D eigenvalue weighted by Gasteiger charge is 2.45. The van der Waals surface area contributed by atoms with Crippen LogP contribution in [-0.2, 0) is 14.3 Å². The Bertz CT molecular complexity index is 224. The average molecular weight is 182 g/mol. The molecular formula is C10H14O3. The number of carbonyl (C=O) groups is 2. The van der Waals surface area contributed by atoms with E-state index in [9.17, 15) is 9.59 Å². The number of rotatable bonds is 3. The second kappa shape index (κ2) is 3.58. The van der Waals surface area contributed by atoms with Crippen LogP contribution < -0.4 is 0 Å². The van der Waals surface area contributed by atoms with Crippen LogP contribution in [0.3, 0.4) is 0 Å². The molecule has 1 heterocycles. The standard InChI is InChI=1S/C10H14O3/c11-5-1-2-7-3-4-9-10(7)8(12)6-13-9/h5,7,9-10H,1-4,6H2. The third-order valence-electron chi connectivity index (χ3n) is 3.20. The van der Waals surface area contributed by atoms with Gasteiger partial charge in [-0.15, -0.1) is 0 Å². The van der Waals surface area contributed by atoms with Crippen molar-refractivity contribution >= 4 is 12.1 Å². The normalized spacial score (nSPS) is 37.8. The predicted molar refractivity (Wildman–Crippen MR) is 46.3 cm³/mol. The fourth-order valence-electron chi connectivity index (χ4n) is 2.59. The number of carbonyl (C=O) groups excluding carboxylic acids is 2. The molecule has 1 aliphatic carbocycles. The molecule has 3 atom stereocenters. The summed E-state index contributed by atoms with van der Waals surface area (Å²) in [6, 6.07) is 0. The molecule has 1 saturated heterocycles. The minimum absolute atomic E-state index is 0.111. The smallest absolute Gasteiger partial charge is 0.164 e. The van der Waals surface area contributed by atoms with Gasteiger partial charge < -0.3 is 9.53 Å².